The van der Waals surface area contributed by atoms with Gasteiger partial charge in [0, 0.05) is 37.9 Å². The third-order valence-electron chi connectivity index (χ3n) is 2.72. The molecule has 3 nitrogen and oxygen atoms in total. The summed E-state index contributed by atoms with van der Waals surface area (Å²) in [4.78, 5) is 2.16. The highest BCUT2D eigenvalue weighted by Gasteiger charge is 2.14. The summed E-state index contributed by atoms with van der Waals surface area (Å²) < 4.78 is 13.0. The molecule has 1 saturated heterocycles. The molecule has 4 heteroatoms. The number of nitrogens with zero attached hydrogens (tertiary/aromatic N) is 1. The van der Waals surface area contributed by atoms with Crippen LogP contribution in [0.5, 0.6) is 5.75 Å². The summed E-state index contributed by atoms with van der Waals surface area (Å²) >= 11 is 0. The lowest BCUT2D eigenvalue weighted by Crippen LogP contribution is -2.43. The molecule has 0 atom stereocenters. The Morgan fingerprint density at radius 3 is 2.67 bits per heavy atom. The van der Waals surface area contributed by atoms with Gasteiger partial charge in [0.1, 0.15) is 0 Å². The zero-order valence-corrected chi connectivity index (χ0v) is 8.76. The normalized spacial score (nSPS) is 16.8. The number of piperazine rings is 1. The first-order chi connectivity index (χ1) is 7.18. The quantitative estimate of drug-likeness (QED) is 0.732. The second-order valence-electron chi connectivity index (χ2n) is 3.83. The Bertz CT molecular complexity index is 362. The number of phenolic OH excluding ortho intramolecular Hbond substituents is 1. The van der Waals surface area contributed by atoms with Crippen LogP contribution in [0.2, 0.25) is 0 Å². The first kappa shape index (κ1) is 10.2. The van der Waals surface area contributed by atoms with Crippen molar-refractivity contribution in [2.45, 2.75) is 6.92 Å². The van der Waals surface area contributed by atoms with Crippen LogP contribution in [-0.2, 0) is 0 Å². The molecule has 1 fully saturated rings. The lowest BCUT2D eigenvalue weighted by molar-refractivity contribution is 0.431. The van der Waals surface area contributed by atoms with Crippen molar-refractivity contribution in [3.8, 4) is 5.75 Å². The van der Waals surface area contributed by atoms with E-state index in [0.717, 1.165) is 37.4 Å². The molecule has 1 aromatic carbocycles. The number of aryl methyl sites for hydroxylation is 1. The Balaban J connectivity index is 2.30. The van der Waals surface area contributed by atoms with Crippen LogP contribution in [0, 0.1) is 12.7 Å². The van der Waals surface area contributed by atoms with Crippen molar-refractivity contribution >= 4 is 5.69 Å². The molecule has 82 valence electrons. The van der Waals surface area contributed by atoms with E-state index in [4.69, 9.17) is 0 Å². The van der Waals surface area contributed by atoms with Gasteiger partial charge in [0.25, 0.3) is 0 Å². The number of rotatable bonds is 1. The average Bonchev–Trinajstić information content (AvgIpc) is 2.25. The van der Waals surface area contributed by atoms with Gasteiger partial charge in [-0.2, -0.15) is 0 Å². The minimum atomic E-state index is -0.550. The Hall–Kier alpha value is -1.29. The highest BCUT2D eigenvalue weighted by atomic mass is 19.1. The van der Waals surface area contributed by atoms with E-state index in [1.54, 1.807) is 0 Å². The summed E-state index contributed by atoms with van der Waals surface area (Å²) in [6.45, 7) is 5.51. The number of hydrogen-bond acceptors (Lipinski definition) is 3. The zero-order valence-electron chi connectivity index (χ0n) is 8.76. The van der Waals surface area contributed by atoms with Gasteiger partial charge in [-0.25, -0.2) is 4.39 Å². The van der Waals surface area contributed by atoms with Crippen LogP contribution in [0.4, 0.5) is 10.1 Å². The summed E-state index contributed by atoms with van der Waals surface area (Å²) in [7, 11) is 0. The third-order valence-corrected chi connectivity index (χ3v) is 2.72. The molecule has 1 heterocycles. The van der Waals surface area contributed by atoms with Crippen LogP contribution in [0.1, 0.15) is 5.56 Å². The number of nitrogens with one attached hydrogen (secondary N) is 1. The van der Waals surface area contributed by atoms with Crippen LogP contribution >= 0.6 is 0 Å². The van der Waals surface area contributed by atoms with Crippen LogP contribution in [0.25, 0.3) is 0 Å². The van der Waals surface area contributed by atoms with Crippen LogP contribution in [-0.4, -0.2) is 31.3 Å². The van der Waals surface area contributed by atoms with Gasteiger partial charge >= 0.3 is 0 Å². The van der Waals surface area contributed by atoms with Gasteiger partial charge in [-0.05, 0) is 18.6 Å². The lowest BCUT2D eigenvalue weighted by atomic mass is 10.1. The van der Waals surface area contributed by atoms with E-state index < -0.39 is 5.82 Å². The average molecular weight is 210 g/mol. The smallest absolute Gasteiger partial charge is 0.165 e. The molecule has 1 aliphatic heterocycles. The van der Waals surface area contributed by atoms with E-state index in [1.807, 2.05) is 6.92 Å². The molecule has 0 spiro atoms. The highest BCUT2D eigenvalue weighted by molar-refractivity contribution is 5.57. The highest BCUT2D eigenvalue weighted by Crippen LogP contribution is 2.27. The number of halogens is 1. The van der Waals surface area contributed by atoms with Gasteiger partial charge in [0.15, 0.2) is 11.6 Å². The van der Waals surface area contributed by atoms with E-state index in [9.17, 15) is 9.50 Å². The van der Waals surface area contributed by atoms with Crippen molar-refractivity contribution in [3.05, 3.63) is 23.5 Å². The third kappa shape index (κ3) is 2.04. The molecule has 0 aliphatic carbocycles. The molecule has 0 bridgehead atoms. The lowest BCUT2D eigenvalue weighted by Gasteiger charge is -2.30. The van der Waals surface area contributed by atoms with Crippen molar-refractivity contribution in [1.29, 1.82) is 0 Å². The Kier molecular flexibility index (Phi) is 2.77. The fourth-order valence-corrected chi connectivity index (χ4v) is 1.90. The van der Waals surface area contributed by atoms with Crippen molar-refractivity contribution in [3.63, 3.8) is 0 Å². The maximum Gasteiger partial charge on any atom is 0.165 e. The number of aromatic hydroxyl groups is 1. The molecule has 0 saturated carbocycles. The minimum absolute atomic E-state index is 0.269. The molecular weight excluding hydrogens is 195 g/mol. The number of anilines is 1. The molecule has 2 N–H and O–H groups in total. The fourth-order valence-electron chi connectivity index (χ4n) is 1.90. The van der Waals surface area contributed by atoms with Gasteiger partial charge in [-0.3, -0.25) is 0 Å². The Labute approximate surface area is 88.5 Å². The molecule has 1 aliphatic rings. The molecule has 2 rings (SSSR count). The van der Waals surface area contributed by atoms with E-state index in [1.165, 1.54) is 12.1 Å². The number of phenols is 1. The fraction of sp³-hybridized carbons (Fsp3) is 0.455. The molecule has 15 heavy (non-hydrogen) atoms. The topological polar surface area (TPSA) is 35.5 Å². The van der Waals surface area contributed by atoms with Crippen molar-refractivity contribution in [2.24, 2.45) is 0 Å². The molecule has 0 amide bonds. The van der Waals surface area contributed by atoms with Gasteiger partial charge in [0.05, 0.1) is 0 Å². The SMILES string of the molecule is Cc1cc(F)c(O)cc1N1CCNCC1. The van der Waals surface area contributed by atoms with Gasteiger partial charge in [-0.1, -0.05) is 0 Å². The maximum atomic E-state index is 13.0. The largest absolute Gasteiger partial charge is 0.505 e. The van der Waals surface area contributed by atoms with Gasteiger partial charge in [-0.15, -0.1) is 0 Å². The summed E-state index contributed by atoms with van der Waals surface area (Å²) in [6.07, 6.45) is 0. The minimum Gasteiger partial charge on any atom is -0.505 e. The number of benzene rings is 1. The summed E-state index contributed by atoms with van der Waals surface area (Å²) in [5.74, 6) is -0.819. The van der Waals surface area contributed by atoms with E-state index in [-0.39, 0.29) is 5.75 Å². The van der Waals surface area contributed by atoms with Crippen molar-refractivity contribution in [2.75, 3.05) is 31.1 Å². The van der Waals surface area contributed by atoms with Gasteiger partial charge < -0.3 is 15.3 Å². The predicted octanol–water partition coefficient (Wildman–Crippen LogP) is 1.25. The van der Waals surface area contributed by atoms with Crippen molar-refractivity contribution in [1.82, 2.24) is 5.32 Å². The predicted molar refractivity (Wildman–Crippen MR) is 57.9 cm³/mol. The zero-order chi connectivity index (χ0) is 10.8. The number of hydrogen-bond donors (Lipinski definition) is 2. The molecule has 0 radical (unpaired) electrons. The standard InChI is InChI=1S/C11H15FN2O/c1-8-6-9(12)11(15)7-10(8)14-4-2-13-3-5-14/h6-7,13,15H,2-5H2,1H3. The van der Waals surface area contributed by atoms with E-state index in [0.29, 0.717) is 0 Å². The summed E-state index contributed by atoms with van der Waals surface area (Å²) in [5.41, 5.74) is 1.79. The van der Waals surface area contributed by atoms with E-state index in [2.05, 4.69) is 10.2 Å². The van der Waals surface area contributed by atoms with Crippen molar-refractivity contribution < 1.29 is 9.50 Å². The van der Waals surface area contributed by atoms with Gasteiger partial charge in [0.2, 0.25) is 0 Å². The molecule has 1 aromatic rings. The first-order valence-electron chi connectivity index (χ1n) is 5.13. The maximum absolute atomic E-state index is 13.0. The summed E-state index contributed by atoms with van der Waals surface area (Å²) in [5, 5.41) is 12.6. The molecule has 0 unspecified atom stereocenters. The van der Waals surface area contributed by atoms with Crippen LogP contribution in [0.3, 0.4) is 0 Å². The second-order valence-corrected chi connectivity index (χ2v) is 3.83. The molecule has 0 aromatic heterocycles. The second kappa shape index (κ2) is 4.06. The van der Waals surface area contributed by atoms with Crippen LogP contribution < -0.4 is 10.2 Å². The van der Waals surface area contributed by atoms with E-state index >= 15 is 0 Å². The Morgan fingerprint density at radius 1 is 1.33 bits per heavy atom. The summed E-state index contributed by atoms with van der Waals surface area (Å²) in [6, 6.07) is 2.89. The first-order valence-corrected chi connectivity index (χ1v) is 5.13. The van der Waals surface area contributed by atoms with Crippen LogP contribution in [0.15, 0.2) is 12.1 Å². The monoisotopic (exact) mass is 210 g/mol. The molecular formula is C11H15FN2O. The Morgan fingerprint density at radius 2 is 2.00 bits per heavy atom.